The van der Waals surface area contributed by atoms with E-state index in [0.717, 1.165) is 16.6 Å². The van der Waals surface area contributed by atoms with Crippen LogP contribution in [0.15, 0.2) is 116 Å². The van der Waals surface area contributed by atoms with Gasteiger partial charge in [-0.3, -0.25) is 15.6 Å². The van der Waals surface area contributed by atoms with Crippen molar-refractivity contribution in [1.29, 1.82) is 0 Å². The Morgan fingerprint density at radius 3 is 1.96 bits per heavy atom. The number of hydrogen-bond donors (Lipinski definition) is 7. The minimum Gasteiger partial charge on any atom is -0.423 e. The number of carbonyl (C=O) groups is 1. The summed E-state index contributed by atoms with van der Waals surface area (Å²) in [6.45, 7) is 0. The Labute approximate surface area is 300 Å². The van der Waals surface area contributed by atoms with Gasteiger partial charge in [-0.1, -0.05) is 36.4 Å². The molecule has 8 aromatic rings. The van der Waals surface area contributed by atoms with Gasteiger partial charge < -0.3 is 25.8 Å². The van der Waals surface area contributed by atoms with E-state index in [4.69, 9.17) is 5.73 Å². The van der Waals surface area contributed by atoms with Crippen LogP contribution in [0.25, 0.3) is 55.4 Å². The molecule has 0 aliphatic heterocycles. The van der Waals surface area contributed by atoms with Gasteiger partial charge in [0.2, 0.25) is 0 Å². The highest BCUT2D eigenvalue weighted by Crippen LogP contribution is 2.31. The second-order valence-corrected chi connectivity index (χ2v) is 12.0. The summed E-state index contributed by atoms with van der Waals surface area (Å²) in [5, 5.41) is 66.1. The average molecular weight is 703 g/mol. The van der Waals surface area contributed by atoms with Gasteiger partial charge in [-0.25, -0.2) is 9.36 Å². The Morgan fingerprint density at radius 2 is 1.32 bits per heavy atom. The largest absolute Gasteiger partial charge is 0.488 e. The summed E-state index contributed by atoms with van der Waals surface area (Å²) >= 11 is 0. The average Bonchev–Trinajstić information content (AvgIpc) is 3.90. The SMILES string of the molecule is Nc1cnnc2cc(-c3cc(B(O)O)ccc3-n3cc(C(=O)NNc4cnnc5cc(-c6cc(B(O)O)ccc6-n6cccn6)ccc45)cn3)ccc12. The van der Waals surface area contributed by atoms with Crippen molar-refractivity contribution in [2.45, 2.75) is 0 Å². The predicted octanol–water partition coefficient (Wildman–Crippen LogP) is 0.977. The standard InChI is InChI=1S/C35H27B2N11O5/c38-29-17-39-43-30-12-20(2-6-25(29)30)28-15-24(37(52)53)5-9-34(28)48-19-22(16-42-48)35(49)46-45-32-18-40-44-31-13-21(3-7-26(31)32)27-14-23(36(50)51)4-8-33(27)47-11-1-10-41-47/h1-19,50-53H,(H2,38,43)(H,44,45)(H,46,49). The molecule has 0 unspecified atom stereocenters. The van der Waals surface area contributed by atoms with E-state index in [2.05, 4.69) is 41.4 Å². The van der Waals surface area contributed by atoms with E-state index < -0.39 is 20.1 Å². The molecule has 0 aliphatic carbocycles. The fourth-order valence-electron chi connectivity index (χ4n) is 6.05. The third-order valence-electron chi connectivity index (χ3n) is 8.72. The molecule has 18 heteroatoms. The quantitative estimate of drug-likeness (QED) is 0.0822. The molecule has 0 aliphatic rings. The molecule has 0 fully saturated rings. The van der Waals surface area contributed by atoms with Gasteiger partial charge in [0, 0.05) is 40.5 Å². The second-order valence-electron chi connectivity index (χ2n) is 12.0. The maximum atomic E-state index is 13.3. The molecular formula is C35H27B2N11O5. The molecule has 4 aromatic heterocycles. The first-order chi connectivity index (χ1) is 25.7. The molecule has 16 nitrogen and oxygen atoms in total. The molecule has 0 saturated carbocycles. The number of nitrogens with zero attached hydrogens (tertiary/aromatic N) is 8. The van der Waals surface area contributed by atoms with E-state index in [1.165, 1.54) is 23.3 Å². The first-order valence-electron chi connectivity index (χ1n) is 16.1. The number of anilines is 2. The van der Waals surface area contributed by atoms with Gasteiger partial charge in [0.15, 0.2) is 0 Å². The number of fused-ring (bicyclic) bond motifs is 2. The molecule has 1 amide bonds. The summed E-state index contributed by atoms with van der Waals surface area (Å²) in [7, 11) is -3.37. The van der Waals surface area contributed by atoms with Crippen LogP contribution in [0, 0.1) is 0 Å². The van der Waals surface area contributed by atoms with Crippen molar-refractivity contribution in [3.05, 3.63) is 122 Å². The molecule has 0 spiro atoms. The van der Waals surface area contributed by atoms with Crippen molar-refractivity contribution in [3.63, 3.8) is 0 Å². The monoisotopic (exact) mass is 703 g/mol. The summed E-state index contributed by atoms with van der Waals surface area (Å²) in [5.74, 6) is -0.485. The van der Waals surface area contributed by atoms with Crippen LogP contribution in [0.1, 0.15) is 10.4 Å². The molecule has 53 heavy (non-hydrogen) atoms. The van der Waals surface area contributed by atoms with Crippen molar-refractivity contribution in [2.75, 3.05) is 11.2 Å². The van der Waals surface area contributed by atoms with E-state index in [-0.39, 0.29) is 11.0 Å². The topological polar surface area (TPSA) is 235 Å². The minimum atomic E-state index is -1.71. The minimum absolute atomic E-state index is 0.234. The van der Waals surface area contributed by atoms with Crippen molar-refractivity contribution >= 4 is 64.3 Å². The highest BCUT2D eigenvalue weighted by atomic mass is 16.4. The molecule has 8 rings (SSSR count). The fraction of sp³-hybridized carbons (Fsp3) is 0. The maximum Gasteiger partial charge on any atom is 0.488 e. The molecule has 0 radical (unpaired) electrons. The first kappa shape index (κ1) is 33.2. The molecule has 0 bridgehead atoms. The summed E-state index contributed by atoms with van der Waals surface area (Å²) < 4.78 is 3.19. The van der Waals surface area contributed by atoms with Gasteiger partial charge in [0.25, 0.3) is 5.91 Å². The van der Waals surface area contributed by atoms with Gasteiger partial charge in [-0.05, 0) is 64.5 Å². The number of nitrogens with one attached hydrogen (secondary N) is 2. The molecule has 8 N–H and O–H groups in total. The summed E-state index contributed by atoms with van der Waals surface area (Å²) in [6, 6.07) is 22.6. The molecule has 4 heterocycles. The van der Waals surface area contributed by atoms with Crippen LogP contribution in [0.5, 0.6) is 0 Å². The van der Waals surface area contributed by atoms with E-state index in [9.17, 15) is 24.9 Å². The van der Waals surface area contributed by atoms with Crippen LogP contribution in [0.4, 0.5) is 11.4 Å². The lowest BCUT2D eigenvalue weighted by atomic mass is 9.78. The van der Waals surface area contributed by atoms with Crippen molar-refractivity contribution < 1.29 is 24.9 Å². The van der Waals surface area contributed by atoms with Gasteiger partial charge in [-0.2, -0.15) is 30.6 Å². The number of benzene rings is 4. The number of hydrazine groups is 1. The lowest BCUT2D eigenvalue weighted by Gasteiger charge is -2.14. The molecule has 0 saturated heterocycles. The van der Waals surface area contributed by atoms with Gasteiger partial charge in [0.05, 0.1) is 57.9 Å². The van der Waals surface area contributed by atoms with Crippen LogP contribution >= 0.6 is 0 Å². The number of hydrogen-bond acceptors (Lipinski definition) is 13. The second kappa shape index (κ2) is 13.6. The highest BCUT2D eigenvalue weighted by Gasteiger charge is 2.20. The van der Waals surface area contributed by atoms with E-state index in [0.29, 0.717) is 55.6 Å². The maximum absolute atomic E-state index is 13.3. The smallest absolute Gasteiger partial charge is 0.423 e. The zero-order valence-corrected chi connectivity index (χ0v) is 27.5. The summed E-state index contributed by atoms with van der Waals surface area (Å²) in [5.41, 5.74) is 18.5. The van der Waals surface area contributed by atoms with Crippen LogP contribution in [0.3, 0.4) is 0 Å². The third kappa shape index (κ3) is 6.41. The fourth-order valence-corrected chi connectivity index (χ4v) is 6.05. The predicted molar refractivity (Wildman–Crippen MR) is 199 cm³/mol. The lowest BCUT2D eigenvalue weighted by molar-refractivity contribution is 0.0962. The molecule has 0 atom stereocenters. The Balaban J connectivity index is 1.06. The van der Waals surface area contributed by atoms with Crippen LogP contribution in [0.2, 0.25) is 0 Å². The molecular weight excluding hydrogens is 676 g/mol. The number of rotatable bonds is 9. The Morgan fingerprint density at radius 1 is 0.698 bits per heavy atom. The number of nitrogen functional groups attached to an aromatic ring is 1. The van der Waals surface area contributed by atoms with Crippen LogP contribution < -0.4 is 27.5 Å². The number of amides is 1. The Bertz CT molecular complexity index is 2650. The lowest BCUT2D eigenvalue weighted by Crippen LogP contribution is -2.30. The van der Waals surface area contributed by atoms with E-state index in [1.807, 2.05) is 30.3 Å². The van der Waals surface area contributed by atoms with Crippen LogP contribution in [-0.2, 0) is 0 Å². The molecule has 4 aromatic carbocycles. The zero-order valence-electron chi connectivity index (χ0n) is 27.5. The number of aromatic nitrogens is 8. The first-order valence-corrected chi connectivity index (χ1v) is 16.1. The van der Waals surface area contributed by atoms with E-state index in [1.54, 1.807) is 71.8 Å². The summed E-state index contributed by atoms with van der Waals surface area (Å²) in [4.78, 5) is 13.3. The summed E-state index contributed by atoms with van der Waals surface area (Å²) in [6.07, 6.45) is 9.35. The molecule has 258 valence electrons. The highest BCUT2D eigenvalue weighted by molar-refractivity contribution is 6.59. The zero-order chi connectivity index (χ0) is 36.6. The van der Waals surface area contributed by atoms with Crippen molar-refractivity contribution in [3.8, 4) is 33.6 Å². The Hall–Kier alpha value is -6.98. The normalized spacial score (nSPS) is 11.2. The number of carbonyl (C=O) groups excluding carboxylic acids is 1. The Kier molecular flexibility index (Phi) is 8.53. The third-order valence-corrected chi connectivity index (χ3v) is 8.72. The number of nitrogens with two attached hydrogens (primary N) is 1. The van der Waals surface area contributed by atoms with E-state index >= 15 is 0 Å². The van der Waals surface area contributed by atoms with Gasteiger partial charge in [-0.15, -0.1) is 0 Å². The van der Waals surface area contributed by atoms with Crippen LogP contribution in [-0.4, -0.2) is 80.2 Å². The van der Waals surface area contributed by atoms with Crippen molar-refractivity contribution in [1.82, 2.24) is 45.4 Å². The van der Waals surface area contributed by atoms with Gasteiger partial charge in [0.1, 0.15) is 0 Å². The van der Waals surface area contributed by atoms with Gasteiger partial charge >= 0.3 is 14.2 Å². The van der Waals surface area contributed by atoms with Crippen molar-refractivity contribution in [2.24, 2.45) is 0 Å².